The second kappa shape index (κ2) is 7.72. The SMILES string of the molecule is O=S(=O)(NCc1ccccc1CN1CCCC1)N1CCOCC1. The Labute approximate surface area is 138 Å². The molecule has 0 unspecified atom stereocenters. The molecule has 0 aromatic heterocycles. The van der Waals surface area contributed by atoms with Gasteiger partial charge in [0.25, 0.3) is 10.2 Å². The molecule has 0 saturated carbocycles. The van der Waals surface area contributed by atoms with Gasteiger partial charge in [-0.15, -0.1) is 0 Å². The fourth-order valence-corrected chi connectivity index (χ4v) is 4.26. The third-order valence-corrected chi connectivity index (χ3v) is 6.02. The van der Waals surface area contributed by atoms with Crippen molar-refractivity contribution in [3.63, 3.8) is 0 Å². The molecule has 1 aromatic rings. The lowest BCUT2D eigenvalue weighted by Crippen LogP contribution is -2.46. The lowest BCUT2D eigenvalue weighted by Gasteiger charge is -2.26. The van der Waals surface area contributed by atoms with Crippen molar-refractivity contribution in [2.24, 2.45) is 0 Å². The van der Waals surface area contributed by atoms with Gasteiger partial charge in [0.2, 0.25) is 0 Å². The summed E-state index contributed by atoms with van der Waals surface area (Å²) >= 11 is 0. The summed E-state index contributed by atoms with van der Waals surface area (Å²) in [6.07, 6.45) is 2.51. The Hall–Kier alpha value is -0.990. The van der Waals surface area contributed by atoms with Crippen LogP contribution < -0.4 is 4.72 Å². The number of morpholine rings is 1. The van der Waals surface area contributed by atoms with Crippen LogP contribution in [0.4, 0.5) is 0 Å². The number of benzene rings is 1. The highest BCUT2D eigenvalue weighted by Crippen LogP contribution is 2.16. The Morgan fingerprint density at radius 1 is 1.00 bits per heavy atom. The summed E-state index contributed by atoms with van der Waals surface area (Å²) < 4.78 is 34.1. The molecule has 2 heterocycles. The van der Waals surface area contributed by atoms with Crippen LogP contribution in [0.25, 0.3) is 0 Å². The van der Waals surface area contributed by atoms with E-state index in [9.17, 15) is 8.42 Å². The number of nitrogens with zero attached hydrogens (tertiary/aromatic N) is 2. The van der Waals surface area contributed by atoms with Crippen LogP contribution in [0.5, 0.6) is 0 Å². The molecular weight excluding hydrogens is 314 g/mol. The first kappa shape index (κ1) is 16.9. The van der Waals surface area contributed by atoms with Crippen LogP contribution in [0.2, 0.25) is 0 Å². The zero-order chi connectivity index (χ0) is 16.1. The van der Waals surface area contributed by atoms with Crippen molar-refractivity contribution >= 4 is 10.2 Å². The molecule has 2 aliphatic heterocycles. The molecular formula is C16H25N3O3S. The van der Waals surface area contributed by atoms with E-state index < -0.39 is 10.2 Å². The third-order valence-electron chi connectivity index (χ3n) is 4.47. The van der Waals surface area contributed by atoms with Gasteiger partial charge in [0.05, 0.1) is 13.2 Å². The fourth-order valence-electron chi connectivity index (χ4n) is 3.11. The zero-order valence-electron chi connectivity index (χ0n) is 13.4. The quantitative estimate of drug-likeness (QED) is 0.838. The van der Waals surface area contributed by atoms with Crippen molar-refractivity contribution < 1.29 is 13.2 Å². The second-order valence-corrected chi connectivity index (χ2v) is 7.84. The van der Waals surface area contributed by atoms with Crippen molar-refractivity contribution in [1.29, 1.82) is 0 Å². The molecule has 23 heavy (non-hydrogen) atoms. The lowest BCUT2D eigenvalue weighted by atomic mass is 10.1. The van der Waals surface area contributed by atoms with Crippen LogP contribution >= 0.6 is 0 Å². The van der Waals surface area contributed by atoms with Gasteiger partial charge in [0.1, 0.15) is 0 Å². The number of nitrogens with one attached hydrogen (secondary N) is 1. The summed E-state index contributed by atoms with van der Waals surface area (Å²) in [4.78, 5) is 2.43. The standard InChI is InChI=1S/C16H25N3O3S/c20-23(21,19-9-11-22-12-10-19)17-13-15-5-1-2-6-16(15)14-18-7-3-4-8-18/h1-2,5-6,17H,3-4,7-14H2. The highest BCUT2D eigenvalue weighted by Gasteiger charge is 2.24. The molecule has 0 radical (unpaired) electrons. The predicted molar refractivity (Wildman–Crippen MR) is 89.1 cm³/mol. The van der Waals surface area contributed by atoms with Gasteiger partial charge in [0, 0.05) is 26.2 Å². The van der Waals surface area contributed by atoms with E-state index in [0.717, 1.165) is 25.2 Å². The summed E-state index contributed by atoms with van der Waals surface area (Å²) in [6, 6.07) is 8.08. The number of likely N-dealkylation sites (tertiary alicyclic amines) is 1. The maximum absolute atomic E-state index is 12.4. The fraction of sp³-hybridized carbons (Fsp3) is 0.625. The van der Waals surface area contributed by atoms with Crippen LogP contribution in [-0.2, 0) is 28.0 Å². The lowest BCUT2D eigenvalue weighted by molar-refractivity contribution is 0.0725. The Kier molecular flexibility index (Phi) is 5.66. The monoisotopic (exact) mass is 339 g/mol. The summed E-state index contributed by atoms with van der Waals surface area (Å²) in [7, 11) is -3.44. The maximum atomic E-state index is 12.4. The molecule has 6 nitrogen and oxygen atoms in total. The highest BCUT2D eigenvalue weighted by atomic mass is 32.2. The van der Waals surface area contributed by atoms with Crippen LogP contribution in [0.15, 0.2) is 24.3 Å². The van der Waals surface area contributed by atoms with E-state index in [1.54, 1.807) is 0 Å². The van der Waals surface area contributed by atoms with Crippen molar-refractivity contribution in [1.82, 2.24) is 13.9 Å². The van der Waals surface area contributed by atoms with E-state index in [0.29, 0.717) is 32.8 Å². The van der Waals surface area contributed by atoms with Crippen LogP contribution in [0.1, 0.15) is 24.0 Å². The molecule has 0 aliphatic carbocycles. The average molecular weight is 339 g/mol. The van der Waals surface area contributed by atoms with Gasteiger partial charge in [-0.3, -0.25) is 4.90 Å². The largest absolute Gasteiger partial charge is 0.379 e. The van der Waals surface area contributed by atoms with Crippen molar-refractivity contribution in [3.05, 3.63) is 35.4 Å². The molecule has 128 valence electrons. The normalized spacial score (nSPS) is 20.9. The number of hydrogen-bond donors (Lipinski definition) is 1. The van der Waals surface area contributed by atoms with Crippen molar-refractivity contribution in [2.45, 2.75) is 25.9 Å². The van der Waals surface area contributed by atoms with Gasteiger partial charge in [-0.05, 0) is 37.1 Å². The molecule has 1 aromatic carbocycles. The van der Waals surface area contributed by atoms with Crippen LogP contribution in [0, 0.1) is 0 Å². The van der Waals surface area contributed by atoms with Gasteiger partial charge in [-0.25, -0.2) is 0 Å². The smallest absolute Gasteiger partial charge is 0.279 e. The molecule has 3 rings (SSSR count). The Bertz CT molecular complexity index is 609. The van der Waals surface area contributed by atoms with E-state index in [2.05, 4.69) is 15.7 Å². The second-order valence-electron chi connectivity index (χ2n) is 6.09. The minimum absolute atomic E-state index is 0.337. The Balaban J connectivity index is 1.63. The van der Waals surface area contributed by atoms with Gasteiger partial charge in [0.15, 0.2) is 0 Å². The van der Waals surface area contributed by atoms with E-state index in [1.165, 1.54) is 22.7 Å². The maximum Gasteiger partial charge on any atom is 0.279 e. The average Bonchev–Trinajstić information content (AvgIpc) is 3.08. The van der Waals surface area contributed by atoms with Crippen LogP contribution in [0.3, 0.4) is 0 Å². The third kappa shape index (κ3) is 4.51. The van der Waals surface area contributed by atoms with Gasteiger partial charge < -0.3 is 4.74 Å². The molecule has 1 N–H and O–H groups in total. The summed E-state index contributed by atoms with van der Waals surface area (Å²) in [6.45, 7) is 5.27. The molecule has 7 heteroatoms. The summed E-state index contributed by atoms with van der Waals surface area (Å²) in [5.41, 5.74) is 2.26. The predicted octanol–water partition coefficient (Wildman–Crippen LogP) is 0.949. The van der Waals surface area contributed by atoms with E-state index in [1.807, 2.05) is 18.2 Å². The molecule has 0 spiro atoms. The van der Waals surface area contributed by atoms with Crippen molar-refractivity contribution in [3.8, 4) is 0 Å². The summed E-state index contributed by atoms with van der Waals surface area (Å²) in [5.74, 6) is 0. The minimum atomic E-state index is -3.44. The number of hydrogen-bond acceptors (Lipinski definition) is 4. The molecule has 0 bridgehead atoms. The molecule has 2 fully saturated rings. The number of ether oxygens (including phenoxy) is 1. The molecule has 2 aliphatic rings. The highest BCUT2D eigenvalue weighted by molar-refractivity contribution is 7.87. The van der Waals surface area contributed by atoms with Crippen molar-refractivity contribution in [2.75, 3.05) is 39.4 Å². The first-order valence-corrected chi connectivity index (χ1v) is 9.71. The summed E-state index contributed by atoms with van der Waals surface area (Å²) in [5, 5.41) is 0. The topological polar surface area (TPSA) is 61.9 Å². The van der Waals surface area contributed by atoms with Gasteiger partial charge in [-0.2, -0.15) is 17.4 Å². The van der Waals surface area contributed by atoms with Gasteiger partial charge >= 0.3 is 0 Å². The number of rotatable bonds is 6. The Morgan fingerprint density at radius 3 is 2.35 bits per heavy atom. The zero-order valence-corrected chi connectivity index (χ0v) is 14.2. The molecule has 2 saturated heterocycles. The molecule has 0 amide bonds. The van der Waals surface area contributed by atoms with E-state index in [-0.39, 0.29) is 0 Å². The van der Waals surface area contributed by atoms with E-state index >= 15 is 0 Å². The van der Waals surface area contributed by atoms with Crippen LogP contribution in [-0.4, -0.2) is 57.0 Å². The Morgan fingerprint density at radius 2 is 1.65 bits per heavy atom. The first-order valence-electron chi connectivity index (χ1n) is 8.27. The van der Waals surface area contributed by atoms with E-state index in [4.69, 9.17) is 4.74 Å². The first-order chi connectivity index (χ1) is 11.1. The molecule has 0 atom stereocenters. The van der Waals surface area contributed by atoms with Gasteiger partial charge in [-0.1, -0.05) is 24.3 Å². The minimum Gasteiger partial charge on any atom is -0.379 e.